The zero-order chi connectivity index (χ0) is 17.0. The fourth-order valence-electron chi connectivity index (χ4n) is 2.64. The molecule has 0 aliphatic rings. The van der Waals surface area contributed by atoms with E-state index in [1.807, 2.05) is 30.3 Å². The van der Waals surface area contributed by atoms with Crippen molar-refractivity contribution in [1.82, 2.24) is 9.71 Å². The number of aliphatic hydroxyl groups excluding tert-OH is 1. The smallest absolute Gasteiger partial charge is 0.216 e. The summed E-state index contributed by atoms with van der Waals surface area (Å²) in [6.07, 6.45) is 1.65. The molecule has 1 heterocycles. The number of hydrogen-bond acceptors (Lipinski definition) is 4. The van der Waals surface area contributed by atoms with Crippen molar-refractivity contribution in [2.75, 3.05) is 6.61 Å². The highest BCUT2D eigenvalue weighted by atomic mass is 32.2. The number of hydrogen-bond donors (Lipinski definition) is 2. The van der Waals surface area contributed by atoms with Crippen LogP contribution in [0.5, 0.6) is 0 Å². The van der Waals surface area contributed by atoms with Crippen LogP contribution in [-0.2, 0) is 15.8 Å². The molecule has 0 unspecified atom stereocenters. The Hall–Kier alpha value is -2.28. The SMILES string of the molecule is O=S(=O)(Cc1cccc2cccnc12)N[C@H](CO)c1ccccc1. The summed E-state index contributed by atoms with van der Waals surface area (Å²) in [6, 6.07) is 17.5. The van der Waals surface area contributed by atoms with E-state index >= 15 is 0 Å². The maximum atomic E-state index is 12.5. The molecule has 6 heteroatoms. The van der Waals surface area contributed by atoms with E-state index in [4.69, 9.17) is 0 Å². The highest BCUT2D eigenvalue weighted by molar-refractivity contribution is 7.88. The van der Waals surface area contributed by atoms with Crippen LogP contribution in [0, 0.1) is 0 Å². The van der Waals surface area contributed by atoms with Gasteiger partial charge in [0.15, 0.2) is 0 Å². The number of rotatable bonds is 6. The topological polar surface area (TPSA) is 79.3 Å². The Morgan fingerprint density at radius 2 is 1.75 bits per heavy atom. The Balaban J connectivity index is 1.85. The Morgan fingerprint density at radius 1 is 1.00 bits per heavy atom. The Morgan fingerprint density at radius 3 is 2.50 bits per heavy atom. The lowest BCUT2D eigenvalue weighted by Gasteiger charge is -2.17. The van der Waals surface area contributed by atoms with Crippen molar-refractivity contribution in [3.8, 4) is 0 Å². The molecule has 0 radical (unpaired) electrons. The van der Waals surface area contributed by atoms with Crippen LogP contribution >= 0.6 is 0 Å². The van der Waals surface area contributed by atoms with Gasteiger partial charge in [-0.05, 0) is 17.2 Å². The van der Waals surface area contributed by atoms with Crippen molar-refractivity contribution in [2.45, 2.75) is 11.8 Å². The number of fused-ring (bicyclic) bond motifs is 1. The third-order valence-electron chi connectivity index (χ3n) is 3.77. The van der Waals surface area contributed by atoms with Crippen LogP contribution in [0.15, 0.2) is 66.9 Å². The van der Waals surface area contributed by atoms with E-state index in [0.29, 0.717) is 11.1 Å². The summed E-state index contributed by atoms with van der Waals surface area (Å²) < 4.78 is 27.6. The van der Waals surface area contributed by atoms with Crippen molar-refractivity contribution >= 4 is 20.9 Å². The van der Waals surface area contributed by atoms with Crippen molar-refractivity contribution < 1.29 is 13.5 Å². The molecule has 0 spiro atoms. The second-order valence-corrected chi connectivity index (χ2v) is 7.27. The number of benzene rings is 2. The van der Waals surface area contributed by atoms with Gasteiger partial charge in [0.25, 0.3) is 0 Å². The lowest BCUT2D eigenvalue weighted by molar-refractivity contribution is 0.259. The van der Waals surface area contributed by atoms with Crippen molar-refractivity contribution in [3.05, 3.63) is 78.0 Å². The van der Waals surface area contributed by atoms with E-state index in [1.165, 1.54) is 0 Å². The number of pyridine rings is 1. The first-order valence-electron chi connectivity index (χ1n) is 7.57. The summed E-state index contributed by atoms with van der Waals surface area (Å²) >= 11 is 0. The van der Waals surface area contributed by atoms with Crippen LogP contribution in [0.25, 0.3) is 10.9 Å². The summed E-state index contributed by atoms with van der Waals surface area (Å²) in [7, 11) is -3.64. The molecule has 1 aromatic heterocycles. The van der Waals surface area contributed by atoms with Crippen LogP contribution in [0.2, 0.25) is 0 Å². The number of sulfonamides is 1. The number of aromatic nitrogens is 1. The largest absolute Gasteiger partial charge is 0.394 e. The molecule has 2 N–H and O–H groups in total. The standard InChI is InChI=1S/C18H18N2O3S/c21-12-17(14-6-2-1-3-7-14)20-24(22,23)13-16-9-4-8-15-10-5-11-19-18(15)16/h1-11,17,20-21H,12-13H2/t17-/m1/s1. The molecule has 1 atom stereocenters. The van der Waals surface area contributed by atoms with Crippen LogP contribution in [0.3, 0.4) is 0 Å². The van der Waals surface area contributed by atoms with Gasteiger partial charge in [0.1, 0.15) is 0 Å². The lowest BCUT2D eigenvalue weighted by atomic mass is 10.1. The minimum Gasteiger partial charge on any atom is -0.394 e. The molecule has 0 aliphatic carbocycles. The first kappa shape index (κ1) is 16.6. The highest BCUT2D eigenvalue weighted by Crippen LogP contribution is 2.19. The number of nitrogens with zero attached hydrogens (tertiary/aromatic N) is 1. The van der Waals surface area contributed by atoms with E-state index in [-0.39, 0.29) is 12.4 Å². The summed E-state index contributed by atoms with van der Waals surface area (Å²) in [6.45, 7) is -0.309. The Bertz CT molecular complexity index is 922. The van der Waals surface area contributed by atoms with Gasteiger partial charge in [0, 0.05) is 11.6 Å². The van der Waals surface area contributed by atoms with E-state index in [2.05, 4.69) is 9.71 Å². The van der Waals surface area contributed by atoms with Gasteiger partial charge in [-0.1, -0.05) is 54.6 Å². The lowest BCUT2D eigenvalue weighted by Crippen LogP contribution is -2.31. The second kappa shape index (κ2) is 7.09. The van der Waals surface area contributed by atoms with Gasteiger partial charge in [0.2, 0.25) is 10.0 Å². The summed E-state index contributed by atoms with van der Waals surface area (Å²) in [5.41, 5.74) is 2.02. The predicted octanol–water partition coefficient (Wildman–Crippen LogP) is 2.39. The van der Waals surface area contributed by atoms with Crippen LogP contribution in [0.4, 0.5) is 0 Å². The molecule has 0 bridgehead atoms. The Labute approximate surface area is 141 Å². The third kappa shape index (κ3) is 3.79. The highest BCUT2D eigenvalue weighted by Gasteiger charge is 2.20. The van der Waals surface area contributed by atoms with Crippen LogP contribution < -0.4 is 4.72 Å². The molecular formula is C18H18N2O3S. The Kier molecular flexibility index (Phi) is 4.89. The quantitative estimate of drug-likeness (QED) is 0.721. The molecule has 24 heavy (non-hydrogen) atoms. The van der Waals surface area contributed by atoms with E-state index in [1.54, 1.807) is 36.5 Å². The maximum absolute atomic E-state index is 12.5. The van der Waals surface area contributed by atoms with Crippen molar-refractivity contribution in [1.29, 1.82) is 0 Å². The second-order valence-electron chi connectivity index (χ2n) is 5.52. The van der Waals surface area contributed by atoms with Gasteiger partial charge in [-0.2, -0.15) is 0 Å². The summed E-state index contributed by atoms with van der Waals surface area (Å²) in [5, 5.41) is 10.4. The molecule has 0 saturated heterocycles. The van der Waals surface area contributed by atoms with Crippen LogP contribution in [-0.4, -0.2) is 25.1 Å². The maximum Gasteiger partial charge on any atom is 0.216 e. The normalized spacial score (nSPS) is 13.0. The zero-order valence-electron chi connectivity index (χ0n) is 13.0. The van der Waals surface area contributed by atoms with E-state index < -0.39 is 16.1 Å². The van der Waals surface area contributed by atoms with Crippen LogP contribution in [0.1, 0.15) is 17.2 Å². The molecular weight excluding hydrogens is 324 g/mol. The minimum atomic E-state index is -3.64. The zero-order valence-corrected chi connectivity index (χ0v) is 13.8. The first-order chi connectivity index (χ1) is 11.6. The molecule has 0 amide bonds. The number of aliphatic hydroxyl groups is 1. The first-order valence-corrected chi connectivity index (χ1v) is 9.23. The molecule has 0 saturated carbocycles. The predicted molar refractivity (Wildman–Crippen MR) is 93.8 cm³/mol. The monoisotopic (exact) mass is 342 g/mol. The van der Waals surface area contributed by atoms with Gasteiger partial charge < -0.3 is 5.11 Å². The average Bonchev–Trinajstić information content (AvgIpc) is 2.60. The van der Waals surface area contributed by atoms with E-state index in [0.717, 1.165) is 10.9 Å². The average molecular weight is 342 g/mol. The van der Waals surface area contributed by atoms with Gasteiger partial charge in [-0.3, -0.25) is 4.98 Å². The van der Waals surface area contributed by atoms with Gasteiger partial charge in [-0.15, -0.1) is 0 Å². The molecule has 3 aromatic rings. The minimum absolute atomic E-state index is 0.190. The van der Waals surface area contributed by atoms with Gasteiger partial charge >= 0.3 is 0 Å². The molecule has 5 nitrogen and oxygen atoms in total. The molecule has 0 aliphatic heterocycles. The molecule has 124 valence electrons. The molecule has 3 rings (SSSR count). The third-order valence-corrected chi connectivity index (χ3v) is 5.10. The fourth-order valence-corrected chi connectivity index (χ4v) is 4.01. The van der Waals surface area contributed by atoms with Crippen molar-refractivity contribution in [3.63, 3.8) is 0 Å². The number of para-hydroxylation sites is 1. The van der Waals surface area contributed by atoms with Gasteiger partial charge in [-0.25, -0.2) is 13.1 Å². The fraction of sp³-hybridized carbons (Fsp3) is 0.167. The summed E-state index contributed by atoms with van der Waals surface area (Å²) in [5.74, 6) is -0.190. The van der Waals surface area contributed by atoms with Crippen molar-refractivity contribution in [2.24, 2.45) is 0 Å². The number of nitrogens with one attached hydrogen (secondary N) is 1. The molecule has 0 fully saturated rings. The van der Waals surface area contributed by atoms with E-state index in [9.17, 15) is 13.5 Å². The van der Waals surface area contributed by atoms with Gasteiger partial charge in [0.05, 0.1) is 23.9 Å². The summed E-state index contributed by atoms with van der Waals surface area (Å²) in [4.78, 5) is 4.28. The molecule has 2 aromatic carbocycles.